The van der Waals surface area contributed by atoms with E-state index in [0.717, 1.165) is 10.9 Å². The molecule has 1 aromatic heterocycles. The zero-order valence-electron chi connectivity index (χ0n) is 12.7. The molecule has 2 aromatic rings. The zero-order chi connectivity index (χ0) is 18.7. The minimum atomic E-state index is -5.56. The van der Waals surface area contributed by atoms with Crippen LogP contribution in [0.15, 0.2) is 40.9 Å². The average Bonchev–Trinajstić information content (AvgIpc) is 3.01. The molecule has 0 aliphatic heterocycles. The van der Waals surface area contributed by atoms with Gasteiger partial charge < -0.3 is 4.84 Å². The molecule has 2 rings (SSSR count). The van der Waals surface area contributed by atoms with E-state index in [4.69, 9.17) is 16.4 Å². The van der Waals surface area contributed by atoms with Crippen molar-refractivity contribution >= 4 is 44.4 Å². The van der Waals surface area contributed by atoms with Gasteiger partial charge in [-0.2, -0.15) is 21.6 Å². The summed E-state index contributed by atoms with van der Waals surface area (Å²) < 4.78 is 61.8. The molecule has 0 bridgehead atoms. The Labute approximate surface area is 151 Å². The van der Waals surface area contributed by atoms with E-state index in [0.29, 0.717) is 0 Å². The Bertz CT molecular complexity index is 866. The lowest BCUT2D eigenvalue weighted by Gasteiger charge is -2.14. The lowest BCUT2D eigenvalue weighted by atomic mass is 10.1. The van der Waals surface area contributed by atoms with Crippen LogP contribution in [-0.2, 0) is 21.5 Å². The summed E-state index contributed by atoms with van der Waals surface area (Å²) in [5.41, 5.74) is -5.50. The van der Waals surface area contributed by atoms with E-state index in [1.165, 1.54) is 35.1 Å². The highest BCUT2D eigenvalue weighted by Gasteiger charge is 2.46. The summed E-state index contributed by atoms with van der Waals surface area (Å²) in [5, 5.41) is 5.88. The first-order valence-electron chi connectivity index (χ1n) is 6.68. The minimum Gasteiger partial charge on any atom is -0.390 e. The molecular weight excluding hydrogens is 401 g/mol. The molecule has 1 N–H and O–H groups in total. The standard InChI is InChI=1S/C14H12ClF3N2O3S2/c1-9(19-23-8-11-3-2-6-24-11)12-7-10(15)4-5-13(12)20-25(21,22)14(16,17)18/h2-7,20H,8H2,1H3/b19-9+. The molecule has 0 amide bonds. The Hall–Kier alpha value is -1.78. The Kier molecular flexibility index (Phi) is 5.96. The number of oxime groups is 1. The van der Waals surface area contributed by atoms with Crippen LogP contribution in [0.5, 0.6) is 0 Å². The van der Waals surface area contributed by atoms with Crippen molar-refractivity contribution in [2.75, 3.05) is 4.72 Å². The topological polar surface area (TPSA) is 67.8 Å². The van der Waals surface area contributed by atoms with Crippen LogP contribution in [0.4, 0.5) is 18.9 Å². The third-order valence-corrected chi connectivity index (χ3v) is 5.09. The van der Waals surface area contributed by atoms with Gasteiger partial charge in [0.05, 0.1) is 11.4 Å². The van der Waals surface area contributed by atoms with Gasteiger partial charge in [-0.25, -0.2) is 0 Å². The fourth-order valence-corrected chi connectivity index (χ4v) is 3.11. The maximum Gasteiger partial charge on any atom is 0.516 e. The van der Waals surface area contributed by atoms with Crippen molar-refractivity contribution in [1.29, 1.82) is 0 Å². The van der Waals surface area contributed by atoms with Crippen molar-refractivity contribution in [1.82, 2.24) is 0 Å². The predicted octanol–water partition coefficient (Wildman–Crippen LogP) is 4.60. The normalized spacial score (nSPS) is 12.9. The second kappa shape index (κ2) is 7.63. The van der Waals surface area contributed by atoms with Gasteiger partial charge in [0.1, 0.15) is 0 Å². The summed E-state index contributed by atoms with van der Waals surface area (Å²) in [5.74, 6) is 0. The van der Waals surface area contributed by atoms with Crippen LogP contribution in [0.3, 0.4) is 0 Å². The zero-order valence-corrected chi connectivity index (χ0v) is 15.1. The molecule has 5 nitrogen and oxygen atoms in total. The molecule has 0 fully saturated rings. The number of nitrogens with zero attached hydrogens (tertiary/aromatic N) is 1. The average molecular weight is 413 g/mol. The van der Waals surface area contributed by atoms with Gasteiger partial charge in [-0.15, -0.1) is 11.3 Å². The lowest BCUT2D eigenvalue weighted by Crippen LogP contribution is -2.30. The van der Waals surface area contributed by atoms with Crippen LogP contribution < -0.4 is 4.72 Å². The van der Waals surface area contributed by atoms with Gasteiger partial charge in [0.2, 0.25) is 0 Å². The van der Waals surface area contributed by atoms with Gasteiger partial charge in [0.15, 0.2) is 6.61 Å². The van der Waals surface area contributed by atoms with Crippen LogP contribution in [0.25, 0.3) is 0 Å². The number of sulfonamides is 1. The number of hydrogen-bond donors (Lipinski definition) is 1. The molecule has 0 unspecified atom stereocenters. The minimum absolute atomic E-state index is 0.0755. The first-order valence-corrected chi connectivity index (χ1v) is 9.42. The van der Waals surface area contributed by atoms with Crippen molar-refractivity contribution in [3.8, 4) is 0 Å². The number of alkyl halides is 3. The molecule has 0 spiro atoms. The Balaban J connectivity index is 2.25. The van der Waals surface area contributed by atoms with Crippen LogP contribution in [0.2, 0.25) is 5.02 Å². The Morgan fingerprint density at radius 1 is 1.36 bits per heavy atom. The van der Waals surface area contributed by atoms with E-state index < -0.39 is 15.5 Å². The molecule has 0 atom stereocenters. The molecule has 1 aromatic carbocycles. The first-order chi connectivity index (χ1) is 11.6. The SMILES string of the molecule is C/C(=N\OCc1cccs1)c1cc(Cl)ccc1NS(=O)(=O)C(F)(F)F. The molecule has 1 heterocycles. The quantitative estimate of drug-likeness (QED) is 0.556. The maximum atomic E-state index is 12.6. The van der Waals surface area contributed by atoms with E-state index in [-0.39, 0.29) is 28.6 Å². The number of rotatable bonds is 6. The fourth-order valence-electron chi connectivity index (χ4n) is 1.74. The van der Waals surface area contributed by atoms with E-state index in [1.54, 1.807) is 0 Å². The van der Waals surface area contributed by atoms with Crippen LogP contribution in [-0.4, -0.2) is 19.6 Å². The van der Waals surface area contributed by atoms with E-state index in [1.807, 2.05) is 17.5 Å². The fraction of sp³-hybridized carbons (Fsp3) is 0.214. The van der Waals surface area contributed by atoms with Crippen molar-refractivity contribution in [3.05, 3.63) is 51.2 Å². The molecular formula is C14H12ClF3N2O3S2. The van der Waals surface area contributed by atoms with Gasteiger partial charge in [0, 0.05) is 15.5 Å². The van der Waals surface area contributed by atoms with E-state index in [2.05, 4.69) is 5.16 Å². The Morgan fingerprint density at radius 2 is 2.08 bits per heavy atom. The van der Waals surface area contributed by atoms with E-state index in [9.17, 15) is 21.6 Å². The third kappa shape index (κ3) is 5.10. The highest BCUT2D eigenvalue weighted by molar-refractivity contribution is 7.93. The number of anilines is 1. The van der Waals surface area contributed by atoms with Crippen molar-refractivity contribution in [2.45, 2.75) is 19.0 Å². The van der Waals surface area contributed by atoms with Gasteiger partial charge in [-0.05, 0) is 36.6 Å². The van der Waals surface area contributed by atoms with Gasteiger partial charge in [-0.1, -0.05) is 22.8 Å². The van der Waals surface area contributed by atoms with Crippen molar-refractivity contribution < 1.29 is 26.4 Å². The van der Waals surface area contributed by atoms with Crippen LogP contribution >= 0.6 is 22.9 Å². The predicted molar refractivity (Wildman–Crippen MR) is 91.4 cm³/mol. The highest BCUT2D eigenvalue weighted by atomic mass is 35.5. The summed E-state index contributed by atoms with van der Waals surface area (Å²) in [4.78, 5) is 6.05. The van der Waals surface area contributed by atoms with Crippen molar-refractivity contribution in [3.63, 3.8) is 0 Å². The largest absolute Gasteiger partial charge is 0.516 e. The molecule has 0 saturated carbocycles. The molecule has 11 heteroatoms. The summed E-state index contributed by atoms with van der Waals surface area (Å²) in [6, 6.07) is 7.35. The molecule has 0 aliphatic carbocycles. The van der Waals surface area contributed by atoms with Gasteiger partial charge in [-0.3, -0.25) is 4.72 Å². The number of halogens is 4. The summed E-state index contributed by atoms with van der Waals surface area (Å²) in [7, 11) is -5.56. The maximum absolute atomic E-state index is 12.6. The molecule has 0 aliphatic rings. The van der Waals surface area contributed by atoms with Crippen molar-refractivity contribution in [2.24, 2.45) is 5.16 Å². The summed E-state index contributed by atoms with van der Waals surface area (Å²) in [6.45, 7) is 1.64. The first kappa shape index (κ1) is 19.5. The molecule has 25 heavy (non-hydrogen) atoms. The van der Waals surface area contributed by atoms with Gasteiger partial charge in [0.25, 0.3) is 0 Å². The van der Waals surface area contributed by atoms with Crippen LogP contribution in [0.1, 0.15) is 17.4 Å². The smallest absolute Gasteiger partial charge is 0.390 e. The monoisotopic (exact) mass is 412 g/mol. The number of benzene rings is 1. The second-order valence-electron chi connectivity index (χ2n) is 4.77. The van der Waals surface area contributed by atoms with Crippen LogP contribution in [0, 0.1) is 0 Å². The highest BCUT2D eigenvalue weighted by Crippen LogP contribution is 2.29. The number of thiophene rings is 1. The second-order valence-corrected chi connectivity index (χ2v) is 7.91. The molecule has 136 valence electrons. The third-order valence-electron chi connectivity index (χ3n) is 2.91. The molecule has 0 radical (unpaired) electrons. The van der Waals surface area contributed by atoms with Gasteiger partial charge >= 0.3 is 15.5 Å². The Morgan fingerprint density at radius 3 is 2.68 bits per heavy atom. The summed E-state index contributed by atoms with van der Waals surface area (Å²) in [6.07, 6.45) is 0. The summed E-state index contributed by atoms with van der Waals surface area (Å²) >= 11 is 7.30. The number of hydrogen-bond acceptors (Lipinski definition) is 5. The lowest BCUT2D eigenvalue weighted by molar-refractivity contribution is -0.0429. The molecule has 0 saturated heterocycles. The van der Waals surface area contributed by atoms with E-state index >= 15 is 0 Å². The number of nitrogens with one attached hydrogen (secondary N) is 1.